The first-order valence-electron chi connectivity index (χ1n) is 13.7. The number of rotatable bonds is 4. The van der Waals surface area contributed by atoms with Crippen LogP contribution in [0.3, 0.4) is 0 Å². The monoisotopic (exact) mass is 548 g/mol. The van der Waals surface area contributed by atoms with Crippen LogP contribution in [0.25, 0.3) is 5.69 Å². The predicted molar refractivity (Wildman–Crippen MR) is 155 cm³/mol. The fourth-order valence-corrected chi connectivity index (χ4v) is 6.61. The van der Waals surface area contributed by atoms with E-state index in [1.807, 2.05) is 40.8 Å². The number of benzene rings is 2. The van der Waals surface area contributed by atoms with Gasteiger partial charge < -0.3 is 4.90 Å². The van der Waals surface area contributed by atoms with Gasteiger partial charge in [-0.25, -0.2) is 9.07 Å². The third kappa shape index (κ3) is 5.62. The van der Waals surface area contributed by atoms with Crippen molar-refractivity contribution in [1.82, 2.24) is 14.7 Å². The maximum atomic E-state index is 13.9. The van der Waals surface area contributed by atoms with Gasteiger partial charge in [-0.3, -0.25) is 14.5 Å². The molecule has 0 N–H and O–H groups in total. The highest BCUT2D eigenvalue weighted by molar-refractivity contribution is 8.00. The van der Waals surface area contributed by atoms with E-state index < -0.39 is 0 Å². The van der Waals surface area contributed by atoms with Crippen LogP contribution in [0.4, 0.5) is 10.2 Å². The van der Waals surface area contributed by atoms with Crippen molar-refractivity contribution in [1.29, 1.82) is 0 Å². The van der Waals surface area contributed by atoms with Gasteiger partial charge >= 0.3 is 0 Å². The number of carbonyl (C=O) groups is 2. The van der Waals surface area contributed by atoms with Gasteiger partial charge in [0.05, 0.1) is 22.4 Å². The van der Waals surface area contributed by atoms with Gasteiger partial charge in [-0.15, -0.1) is 11.8 Å². The molecule has 1 saturated heterocycles. The Balaban J connectivity index is 1.70. The number of aryl methyl sites for hydroxylation is 1. The molecule has 1 aromatic heterocycles. The second kappa shape index (κ2) is 10.8. The smallest absolute Gasteiger partial charge is 0.242 e. The fourth-order valence-electron chi connectivity index (χ4n) is 5.41. The highest BCUT2D eigenvalue weighted by Gasteiger charge is 2.40. The Morgan fingerprint density at radius 2 is 1.79 bits per heavy atom. The van der Waals surface area contributed by atoms with Crippen molar-refractivity contribution in [2.75, 3.05) is 30.3 Å². The van der Waals surface area contributed by atoms with Crippen molar-refractivity contribution < 1.29 is 14.0 Å². The van der Waals surface area contributed by atoms with Gasteiger partial charge in [-0.1, -0.05) is 52.0 Å². The number of hydrogen-bond donors (Lipinski definition) is 0. The lowest BCUT2D eigenvalue weighted by Crippen LogP contribution is -2.46. The Morgan fingerprint density at radius 3 is 2.44 bits per heavy atom. The number of piperidine rings is 1. The van der Waals surface area contributed by atoms with Crippen LogP contribution < -0.4 is 4.90 Å². The summed E-state index contributed by atoms with van der Waals surface area (Å²) in [7, 11) is 0. The molecule has 0 aliphatic carbocycles. The van der Waals surface area contributed by atoms with Crippen molar-refractivity contribution in [2.45, 2.75) is 58.1 Å². The Hall–Kier alpha value is -3.13. The van der Waals surface area contributed by atoms with Crippen LogP contribution in [0.2, 0.25) is 0 Å². The Morgan fingerprint density at radius 1 is 1.10 bits per heavy atom. The minimum absolute atomic E-state index is 0.0298. The first-order chi connectivity index (χ1) is 18.5. The molecule has 2 aromatic carbocycles. The lowest BCUT2D eigenvalue weighted by Gasteiger charge is -2.32. The van der Waals surface area contributed by atoms with Crippen LogP contribution in [-0.2, 0) is 15.0 Å². The molecule has 1 fully saturated rings. The standard InChI is InChI=1S/C31H37FN4O2S/c1-20-13-15-34(16-14-20)25(37)18-35-26(38)19-39-28(22-9-11-23(32)12-10-22)27-29(31(3,4)5)33-36(30(27)35)24-8-6-7-21(2)17-24/h6-12,17,20,28H,13-16,18-19H2,1-5H3/t28-/m1/s1. The minimum Gasteiger partial charge on any atom is -0.341 e. The lowest BCUT2D eigenvalue weighted by molar-refractivity contribution is -0.132. The quantitative estimate of drug-likeness (QED) is 0.399. The third-order valence-electron chi connectivity index (χ3n) is 7.65. The van der Waals surface area contributed by atoms with E-state index in [1.165, 1.54) is 23.9 Å². The summed E-state index contributed by atoms with van der Waals surface area (Å²) in [6, 6.07) is 14.5. The molecule has 0 radical (unpaired) electrons. The highest BCUT2D eigenvalue weighted by atomic mass is 32.2. The van der Waals surface area contributed by atoms with E-state index in [9.17, 15) is 14.0 Å². The van der Waals surface area contributed by atoms with Crippen LogP contribution >= 0.6 is 11.8 Å². The largest absolute Gasteiger partial charge is 0.341 e. The van der Waals surface area contributed by atoms with Gasteiger partial charge in [0.25, 0.3) is 0 Å². The van der Waals surface area contributed by atoms with Crippen molar-refractivity contribution >= 4 is 29.4 Å². The molecular formula is C31H37FN4O2S. The molecule has 0 bridgehead atoms. The van der Waals surface area contributed by atoms with Crippen LogP contribution in [0, 0.1) is 18.7 Å². The zero-order chi connectivity index (χ0) is 27.9. The molecule has 6 nitrogen and oxygen atoms in total. The number of amides is 2. The molecule has 0 spiro atoms. The second-order valence-corrected chi connectivity index (χ2v) is 13.0. The average molecular weight is 549 g/mol. The molecule has 0 saturated carbocycles. The number of hydrogen-bond acceptors (Lipinski definition) is 4. The van der Waals surface area contributed by atoms with E-state index in [-0.39, 0.29) is 40.6 Å². The van der Waals surface area contributed by atoms with Crippen LogP contribution in [-0.4, -0.2) is 51.9 Å². The maximum absolute atomic E-state index is 13.9. The van der Waals surface area contributed by atoms with Gasteiger partial charge in [0, 0.05) is 24.1 Å². The molecule has 5 rings (SSSR count). The number of likely N-dealkylation sites (tertiary alicyclic amines) is 1. The topological polar surface area (TPSA) is 58.4 Å². The molecule has 3 aromatic rings. The van der Waals surface area contributed by atoms with Gasteiger partial charge in [0.1, 0.15) is 18.2 Å². The number of nitrogens with zero attached hydrogens (tertiary/aromatic N) is 4. The molecule has 206 valence electrons. The van der Waals surface area contributed by atoms with Gasteiger partial charge in [0.2, 0.25) is 11.8 Å². The summed E-state index contributed by atoms with van der Waals surface area (Å²) in [6.07, 6.45) is 1.95. The van der Waals surface area contributed by atoms with Crippen molar-refractivity contribution in [2.24, 2.45) is 5.92 Å². The SMILES string of the molecule is Cc1cccc(-n2nc(C(C)(C)C)c3c2N(CC(=O)N2CCC(C)CC2)C(=O)CS[C@@H]3c2ccc(F)cc2)c1. The first-order valence-corrected chi connectivity index (χ1v) is 14.7. The van der Waals surface area contributed by atoms with Crippen molar-refractivity contribution in [3.63, 3.8) is 0 Å². The van der Waals surface area contributed by atoms with Crippen molar-refractivity contribution in [3.8, 4) is 5.69 Å². The van der Waals surface area contributed by atoms with E-state index in [2.05, 4.69) is 27.7 Å². The Labute approximate surface area is 234 Å². The van der Waals surface area contributed by atoms with Gasteiger partial charge in [-0.2, -0.15) is 5.10 Å². The number of anilines is 1. The average Bonchev–Trinajstić information content (AvgIpc) is 3.23. The maximum Gasteiger partial charge on any atom is 0.242 e. The first kappa shape index (κ1) is 27.4. The summed E-state index contributed by atoms with van der Waals surface area (Å²) < 4.78 is 15.7. The number of fused-ring (bicyclic) bond motifs is 1. The molecule has 2 aliphatic heterocycles. The van der Waals surface area contributed by atoms with Crippen LogP contribution in [0.1, 0.15) is 68.2 Å². The number of aromatic nitrogens is 2. The molecule has 0 unspecified atom stereocenters. The van der Waals surface area contributed by atoms with Crippen LogP contribution in [0.5, 0.6) is 0 Å². The van der Waals surface area contributed by atoms with Crippen LogP contribution in [0.15, 0.2) is 48.5 Å². The Bertz CT molecular complexity index is 1370. The molecule has 8 heteroatoms. The number of halogens is 1. The zero-order valence-corrected chi connectivity index (χ0v) is 24.2. The summed E-state index contributed by atoms with van der Waals surface area (Å²) in [5, 5.41) is 4.89. The van der Waals surface area contributed by atoms with E-state index in [0.717, 1.165) is 40.9 Å². The van der Waals surface area contributed by atoms with E-state index in [0.29, 0.717) is 24.8 Å². The summed E-state index contributed by atoms with van der Waals surface area (Å²) in [4.78, 5) is 30.9. The van der Waals surface area contributed by atoms with Gasteiger partial charge in [0.15, 0.2) is 0 Å². The molecular weight excluding hydrogens is 511 g/mol. The van der Waals surface area contributed by atoms with E-state index in [1.54, 1.807) is 17.0 Å². The van der Waals surface area contributed by atoms with E-state index >= 15 is 0 Å². The second-order valence-electron chi connectivity index (χ2n) is 11.9. The number of carbonyl (C=O) groups excluding carboxylic acids is 2. The van der Waals surface area contributed by atoms with Gasteiger partial charge in [-0.05, 0) is 61.1 Å². The van der Waals surface area contributed by atoms with E-state index in [4.69, 9.17) is 5.10 Å². The predicted octanol–water partition coefficient (Wildman–Crippen LogP) is 6.05. The summed E-state index contributed by atoms with van der Waals surface area (Å²) in [6.45, 7) is 12.0. The summed E-state index contributed by atoms with van der Waals surface area (Å²) >= 11 is 1.51. The lowest BCUT2D eigenvalue weighted by atomic mass is 9.87. The molecule has 2 amide bonds. The normalized spacial score (nSPS) is 18.7. The fraction of sp³-hybridized carbons (Fsp3) is 0.452. The molecule has 1 atom stereocenters. The zero-order valence-electron chi connectivity index (χ0n) is 23.4. The molecule has 39 heavy (non-hydrogen) atoms. The summed E-state index contributed by atoms with van der Waals surface area (Å²) in [5.41, 5.74) is 4.24. The molecule has 2 aliphatic rings. The number of thioether (sulfide) groups is 1. The Kier molecular flexibility index (Phi) is 7.60. The minimum atomic E-state index is -0.343. The van der Waals surface area contributed by atoms with Crippen molar-refractivity contribution in [3.05, 3.63) is 76.7 Å². The third-order valence-corrected chi connectivity index (χ3v) is 8.90. The molecule has 3 heterocycles. The summed E-state index contributed by atoms with van der Waals surface area (Å²) in [5.74, 6) is 0.972. The highest BCUT2D eigenvalue weighted by Crippen LogP contribution is 2.48.